The largest absolute Gasteiger partial charge is 0.465 e. The Morgan fingerprint density at radius 1 is 1.19 bits per heavy atom. The highest BCUT2D eigenvalue weighted by Gasteiger charge is 2.32. The predicted molar refractivity (Wildman–Crippen MR) is 82.5 cm³/mol. The Labute approximate surface area is 130 Å². The van der Waals surface area contributed by atoms with Crippen molar-refractivity contribution in [3.8, 4) is 0 Å². The molecule has 5 nitrogen and oxygen atoms in total. The summed E-state index contributed by atoms with van der Waals surface area (Å²) in [7, 11) is 0. The number of carbonyl (C=O) groups is 2. The molecule has 1 aromatic carbocycles. The van der Waals surface area contributed by atoms with Crippen LogP contribution >= 0.6 is 23.1 Å². The summed E-state index contributed by atoms with van der Waals surface area (Å²) in [5.41, 5.74) is 0.844. The molecular formula is C14H15NO4S2. The van der Waals surface area contributed by atoms with Gasteiger partial charge in [0, 0.05) is 0 Å². The fourth-order valence-electron chi connectivity index (χ4n) is 1.63. The minimum Gasteiger partial charge on any atom is -0.465 e. The maximum absolute atomic E-state index is 11.9. The van der Waals surface area contributed by atoms with Crippen molar-refractivity contribution in [3.63, 3.8) is 0 Å². The molecule has 0 radical (unpaired) electrons. The molecule has 21 heavy (non-hydrogen) atoms. The second kappa shape index (κ2) is 7.42. The van der Waals surface area contributed by atoms with Crippen LogP contribution in [0.25, 0.3) is 10.2 Å². The van der Waals surface area contributed by atoms with Crippen molar-refractivity contribution >= 4 is 45.3 Å². The fourth-order valence-corrected chi connectivity index (χ4v) is 3.76. The van der Waals surface area contributed by atoms with Crippen LogP contribution in [-0.2, 0) is 19.1 Å². The highest BCUT2D eigenvalue weighted by atomic mass is 32.2. The van der Waals surface area contributed by atoms with Gasteiger partial charge in [0.2, 0.25) is 5.25 Å². The molecule has 2 rings (SSSR count). The molecule has 0 aliphatic carbocycles. The third kappa shape index (κ3) is 3.95. The average Bonchev–Trinajstić information content (AvgIpc) is 2.87. The van der Waals surface area contributed by atoms with Crippen LogP contribution in [0.4, 0.5) is 0 Å². The molecule has 0 saturated heterocycles. The van der Waals surface area contributed by atoms with Crippen molar-refractivity contribution in [2.75, 3.05) is 13.2 Å². The first-order chi connectivity index (χ1) is 10.2. The maximum Gasteiger partial charge on any atom is 0.331 e. The molecular weight excluding hydrogens is 310 g/mol. The predicted octanol–water partition coefficient (Wildman–Crippen LogP) is 2.88. The summed E-state index contributed by atoms with van der Waals surface area (Å²) in [6.45, 7) is 3.83. The molecule has 0 spiro atoms. The SMILES string of the molecule is CCOC(=O)C(Sc1nc2ccccc2s1)C(=O)OCC. The van der Waals surface area contributed by atoms with E-state index in [9.17, 15) is 9.59 Å². The van der Waals surface area contributed by atoms with Crippen LogP contribution in [0, 0.1) is 0 Å². The number of esters is 2. The molecule has 0 fully saturated rings. The van der Waals surface area contributed by atoms with Crippen molar-refractivity contribution in [3.05, 3.63) is 24.3 Å². The number of thiazole rings is 1. The zero-order chi connectivity index (χ0) is 15.2. The summed E-state index contributed by atoms with van der Waals surface area (Å²) in [6.07, 6.45) is 0. The quantitative estimate of drug-likeness (QED) is 0.462. The first kappa shape index (κ1) is 15.8. The van der Waals surface area contributed by atoms with Crippen LogP contribution in [0.1, 0.15) is 13.8 Å². The van der Waals surface area contributed by atoms with E-state index in [4.69, 9.17) is 9.47 Å². The van der Waals surface area contributed by atoms with E-state index in [0.717, 1.165) is 22.0 Å². The van der Waals surface area contributed by atoms with Crippen molar-refractivity contribution < 1.29 is 19.1 Å². The molecule has 0 N–H and O–H groups in total. The molecule has 0 aliphatic heterocycles. The van der Waals surface area contributed by atoms with Gasteiger partial charge in [0.1, 0.15) is 0 Å². The zero-order valence-corrected chi connectivity index (χ0v) is 13.3. The number of para-hydroxylation sites is 1. The summed E-state index contributed by atoms with van der Waals surface area (Å²) in [5.74, 6) is -1.19. The summed E-state index contributed by atoms with van der Waals surface area (Å²) < 4.78 is 11.5. The number of fused-ring (bicyclic) bond motifs is 1. The van der Waals surface area contributed by atoms with Gasteiger partial charge < -0.3 is 9.47 Å². The molecule has 7 heteroatoms. The molecule has 0 unspecified atom stereocenters. The monoisotopic (exact) mass is 325 g/mol. The highest BCUT2D eigenvalue weighted by Crippen LogP contribution is 2.32. The molecule has 0 aliphatic rings. The van der Waals surface area contributed by atoms with Crippen LogP contribution in [0.15, 0.2) is 28.6 Å². The van der Waals surface area contributed by atoms with Gasteiger partial charge >= 0.3 is 11.9 Å². The Balaban J connectivity index is 2.20. The van der Waals surface area contributed by atoms with Gasteiger partial charge in [0.05, 0.1) is 23.4 Å². The lowest BCUT2D eigenvalue weighted by molar-refractivity contribution is -0.152. The van der Waals surface area contributed by atoms with Gasteiger partial charge in [-0.25, -0.2) is 4.98 Å². The van der Waals surface area contributed by atoms with E-state index < -0.39 is 17.2 Å². The van der Waals surface area contributed by atoms with Gasteiger partial charge in [-0.15, -0.1) is 11.3 Å². The molecule has 1 heterocycles. The zero-order valence-electron chi connectivity index (χ0n) is 11.7. The van der Waals surface area contributed by atoms with Gasteiger partial charge in [-0.05, 0) is 26.0 Å². The second-order valence-electron chi connectivity index (χ2n) is 3.95. The summed E-state index contributed by atoms with van der Waals surface area (Å²) in [5, 5.41) is -1.04. The van der Waals surface area contributed by atoms with Crippen LogP contribution < -0.4 is 0 Å². The smallest absolute Gasteiger partial charge is 0.331 e. The molecule has 0 bridgehead atoms. The second-order valence-corrected chi connectivity index (χ2v) is 6.33. The van der Waals surface area contributed by atoms with Crippen molar-refractivity contribution in [1.82, 2.24) is 4.98 Å². The van der Waals surface area contributed by atoms with E-state index in [1.807, 2.05) is 24.3 Å². The Kier molecular flexibility index (Phi) is 5.58. The Hall–Kier alpha value is -1.60. The van der Waals surface area contributed by atoms with Crippen LogP contribution in [0.5, 0.6) is 0 Å². The lowest BCUT2D eigenvalue weighted by Crippen LogP contribution is -2.30. The molecule has 0 atom stereocenters. The lowest BCUT2D eigenvalue weighted by Gasteiger charge is -2.12. The maximum atomic E-state index is 11.9. The van der Waals surface area contributed by atoms with E-state index in [2.05, 4.69) is 4.98 Å². The number of ether oxygens (including phenoxy) is 2. The minimum atomic E-state index is -1.04. The Morgan fingerprint density at radius 3 is 2.38 bits per heavy atom. The lowest BCUT2D eigenvalue weighted by atomic mass is 10.3. The first-order valence-electron chi connectivity index (χ1n) is 6.51. The fraction of sp³-hybridized carbons (Fsp3) is 0.357. The number of aromatic nitrogens is 1. The Bertz CT molecular complexity index is 590. The number of hydrogen-bond donors (Lipinski definition) is 0. The number of benzene rings is 1. The van der Waals surface area contributed by atoms with Crippen molar-refractivity contribution in [1.29, 1.82) is 0 Å². The third-order valence-corrected chi connectivity index (χ3v) is 4.78. The minimum absolute atomic E-state index is 0.217. The van der Waals surface area contributed by atoms with Crippen molar-refractivity contribution in [2.45, 2.75) is 23.4 Å². The highest BCUT2D eigenvalue weighted by molar-refractivity contribution is 8.03. The summed E-state index contributed by atoms with van der Waals surface area (Å²) in [4.78, 5) is 28.2. The average molecular weight is 325 g/mol. The van der Waals surface area contributed by atoms with E-state index in [1.165, 1.54) is 11.3 Å². The number of nitrogens with zero attached hydrogens (tertiary/aromatic N) is 1. The number of thioether (sulfide) groups is 1. The normalized spacial score (nSPS) is 10.8. The van der Waals surface area contributed by atoms with Gasteiger partial charge in [-0.1, -0.05) is 23.9 Å². The topological polar surface area (TPSA) is 65.5 Å². The third-order valence-electron chi connectivity index (χ3n) is 2.49. The van der Waals surface area contributed by atoms with Crippen molar-refractivity contribution in [2.24, 2.45) is 0 Å². The number of hydrogen-bond acceptors (Lipinski definition) is 7. The molecule has 1 aromatic heterocycles. The molecule has 2 aromatic rings. The summed E-state index contributed by atoms with van der Waals surface area (Å²) in [6, 6.07) is 7.65. The van der Waals surface area contributed by atoms with Gasteiger partial charge in [-0.3, -0.25) is 9.59 Å². The van der Waals surface area contributed by atoms with Gasteiger partial charge in [0.15, 0.2) is 4.34 Å². The summed E-state index contributed by atoms with van der Waals surface area (Å²) >= 11 is 2.50. The van der Waals surface area contributed by atoms with E-state index in [1.54, 1.807) is 13.8 Å². The van der Waals surface area contributed by atoms with Crippen LogP contribution in [0.3, 0.4) is 0 Å². The van der Waals surface area contributed by atoms with E-state index >= 15 is 0 Å². The standard InChI is InChI=1S/C14H15NO4S2/c1-3-18-12(16)11(13(17)19-4-2)21-14-15-9-7-5-6-8-10(9)20-14/h5-8,11H,3-4H2,1-2H3. The molecule has 0 saturated carbocycles. The van der Waals surface area contributed by atoms with Crippen LogP contribution in [0.2, 0.25) is 0 Å². The molecule has 0 amide bonds. The van der Waals surface area contributed by atoms with Gasteiger partial charge in [0.25, 0.3) is 0 Å². The molecule has 112 valence electrons. The van der Waals surface area contributed by atoms with E-state index in [-0.39, 0.29) is 13.2 Å². The van der Waals surface area contributed by atoms with Gasteiger partial charge in [-0.2, -0.15) is 0 Å². The first-order valence-corrected chi connectivity index (χ1v) is 8.20. The Morgan fingerprint density at radius 2 is 1.81 bits per heavy atom. The van der Waals surface area contributed by atoms with E-state index in [0.29, 0.717) is 4.34 Å². The van der Waals surface area contributed by atoms with Crippen LogP contribution in [-0.4, -0.2) is 35.4 Å². The number of carbonyl (C=O) groups excluding carboxylic acids is 2. The number of rotatable bonds is 6.